The van der Waals surface area contributed by atoms with Gasteiger partial charge in [0.05, 0.1) is 24.3 Å². The third-order valence-corrected chi connectivity index (χ3v) is 6.64. The molecule has 33 heavy (non-hydrogen) atoms. The predicted octanol–water partition coefficient (Wildman–Crippen LogP) is 1.96. The van der Waals surface area contributed by atoms with Gasteiger partial charge in [-0.2, -0.15) is 0 Å². The van der Waals surface area contributed by atoms with Crippen LogP contribution < -0.4 is 0 Å². The van der Waals surface area contributed by atoms with Gasteiger partial charge in [0.15, 0.2) is 0 Å². The first kappa shape index (κ1) is 24.9. The van der Waals surface area contributed by atoms with Crippen molar-refractivity contribution < 1.29 is 24.3 Å². The molecule has 2 fully saturated rings. The maximum absolute atomic E-state index is 12.6. The highest BCUT2D eigenvalue weighted by molar-refractivity contribution is 5.76. The zero-order valence-corrected chi connectivity index (χ0v) is 19.5. The van der Waals surface area contributed by atoms with Crippen LogP contribution in [-0.4, -0.2) is 79.4 Å². The standard InChI is InChI=1S/C22H33N5O3.CH2O2/c1-17(2)27-16-23-12-18(27)13-25-14-19(28)11-22(15-25)6-9-26(10-7-22)21(29)4-3-20-5-8-24-30-20;2-1-3/h5,8,12,16-17,19,28H,3-4,6-7,9-11,13-15H2,1-2H3;1H,(H,2,3). The van der Waals surface area contributed by atoms with E-state index in [2.05, 4.69) is 33.5 Å². The average Bonchev–Trinajstić information content (AvgIpc) is 3.44. The number of hydrogen-bond donors (Lipinski definition) is 2. The van der Waals surface area contributed by atoms with E-state index >= 15 is 0 Å². The third kappa shape index (κ3) is 6.64. The number of aryl methyl sites for hydroxylation is 1. The van der Waals surface area contributed by atoms with E-state index in [0.717, 1.165) is 51.2 Å². The molecule has 1 atom stereocenters. The number of rotatable bonds is 6. The number of β-amino-alcohol motifs (C(OH)–C–C–N with tert-alkyl or cyclic N) is 1. The van der Waals surface area contributed by atoms with Crippen LogP contribution in [0.4, 0.5) is 0 Å². The van der Waals surface area contributed by atoms with Crippen molar-refractivity contribution in [1.29, 1.82) is 0 Å². The molecule has 2 aliphatic rings. The fourth-order valence-corrected chi connectivity index (χ4v) is 5.09. The molecule has 4 heterocycles. The van der Waals surface area contributed by atoms with Gasteiger partial charge in [0.2, 0.25) is 5.91 Å². The molecule has 1 spiro atoms. The summed E-state index contributed by atoms with van der Waals surface area (Å²) in [6.07, 6.45) is 8.87. The molecule has 2 N–H and O–H groups in total. The van der Waals surface area contributed by atoms with Gasteiger partial charge in [-0.25, -0.2) is 4.98 Å². The number of carbonyl (C=O) groups excluding carboxylic acids is 1. The smallest absolute Gasteiger partial charge is 0.290 e. The first-order chi connectivity index (χ1) is 15.9. The van der Waals surface area contributed by atoms with Crippen LogP contribution in [0.5, 0.6) is 0 Å². The van der Waals surface area contributed by atoms with Crippen LogP contribution in [0.3, 0.4) is 0 Å². The van der Waals surface area contributed by atoms with Crippen molar-refractivity contribution in [2.75, 3.05) is 26.2 Å². The van der Waals surface area contributed by atoms with Crippen molar-refractivity contribution in [3.05, 3.63) is 36.2 Å². The Morgan fingerprint density at radius 3 is 2.73 bits per heavy atom. The van der Waals surface area contributed by atoms with Gasteiger partial charge in [-0.1, -0.05) is 5.16 Å². The van der Waals surface area contributed by atoms with Crippen LogP contribution in [0.25, 0.3) is 0 Å². The fraction of sp³-hybridized carbons (Fsp3) is 0.652. The summed E-state index contributed by atoms with van der Waals surface area (Å²) in [5, 5.41) is 21.2. The summed E-state index contributed by atoms with van der Waals surface area (Å²) in [6.45, 7) is 8.06. The number of likely N-dealkylation sites (tertiary alicyclic amines) is 2. The minimum Gasteiger partial charge on any atom is -0.483 e. The highest BCUT2D eigenvalue weighted by Gasteiger charge is 2.42. The second-order valence-corrected chi connectivity index (χ2v) is 9.38. The summed E-state index contributed by atoms with van der Waals surface area (Å²) in [6, 6.07) is 2.18. The predicted molar refractivity (Wildman–Crippen MR) is 120 cm³/mol. The van der Waals surface area contributed by atoms with Crippen LogP contribution in [0.1, 0.15) is 57.0 Å². The molecule has 1 amide bonds. The lowest BCUT2D eigenvalue weighted by atomic mass is 9.71. The monoisotopic (exact) mass is 461 g/mol. The number of aliphatic hydroxyl groups excluding tert-OH is 1. The SMILES string of the molecule is CC(C)n1cncc1CN1CC(O)CC2(CCN(C(=O)CCc3ccno3)CC2)C1.O=CO. The topological polar surface area (TPSA) is 125 Å². The second kappa shape index (κ2) is 11.4. The number of imidazole rings is 1. The van der Waals surface area contributed by atoms with Crippen LogP contribution >= 0.6 is 0 Å². The van der Waals surface area contributed by atoms with Crippen LogP contribution in [0.15, 0.2) is 29.3 Å². The molecule has 2 aromatic heterocycles. The van der Waals surface area contributed by atoms with Gasteiger partial charge in [-0.05, 0) is 38.5 Å². The van der Waals surface area contributed by atoms with Gasteiger partial charge in [-0.15, -0.1) is 0 Å². The van der Waals surface area contributed by atoms with Crippen molar-refractivity contribution in [2.45, 2.75) is 64.6 Å². The van der Waals surface area contributed by atoms with Crippen molar-refractivity contribution in [1.82, 2.24) is 24.5 Å². The number of nitrogens with zero attached hydrogens (tertiary/aromatic N) is 5. The largest absolute Gasteiger partial charge is 0.483 e. The minimum absolute atomic E-state index is 0.0854. The number of amides is 1. The molecule has 2 saturated heterocycles. The van der Waals surface area contributed by atoms with Gasteiger partial charge in [0, 0.05) is 63.9 Å². The van der Waals surface area contributed by atoms with Crippen molar-refractivity contribution >= 4 is 12.4 Å². The average molecular weight is 462 g/mol. The minimum atomic E-state index is -0.317. The van der Waals surface area contributed by atoms with Gasteiger partial charge >= 0.3 is 0 Å². The maximum atomic E-state index is 12.6. The van der Waals surface area contributed by atoms with Crippen molar-refractivity contribution in [2.24, 2.45) is 5.41 Å². The highest BCUT2D eigenvalue weighted by Crippen LogP contribution is 2.40. The van der Waals surface area contributed by atoms with Gasteiger partial charge in [-0.3, -0.25) is 14.5 Å². The Balaban J connectivity index is 0.000000968. The van der Waals surface area contributed by atoms with Gasteiger partial charge in [0.1, 0.15) is 5.76 Å². The van der Waals surface area contributed by atoms with Crippen LogP contribution in [-0.2, 0) is 22.6 Å². The molecule has 2 aromatic rings. The number of hydrogen-bond acceptors (Lipinski definition) is 7. The van der Waals surface area contributed by atoms with E-state index in [9.17, 15) is 9.90 Å². The number of carboxylic acid groups (broad SMARTS) is 1. The van der Waals surface area contributed by atoms with Crippen LogP contribution in [0, 0.1) is 5.41 Å². The van der Waals surface area contributed by atoms with Crippen molar-refractivity contribution in [3.63, 3.8) is 0 Å². The van der Waals surface area contributed by atoms with E-state index in [1.165, 1.54) is 5.69 Å². The summed E-state index contributed by atoms with van der Waals surface area (Å²) in [5.74, 6) is 0.929. The Bertz CT molecular complexity index is 874. The summed E-state index contributed by atoms with van der Waals surface area (Å²) < 4.78 is 7.29. The molecule has 0 aliphatic carbocycles. The quantitative estimate of drug-likeness (QED) is 0.626. The Labute approximate surface area is 194 Å². The van der Waals surface area contributed by atoms with Crippen LogP contribution in [0.2, 0.25) is 0 Å². The molecular formula is C23H35N5O5. The fourth-order valence-electron chi connectivity index (χ4n) is 5.09. The van der Waals surface area contributed by atoms with E-state index < -0.39 is 0 Å². The van der Waals surface area contributed by atoms with E-state index in [4.69, 9.17) is 14.4 Å². The molecule has 2 aliphatic heterocycles. The first-order valence-electron chi connectivity index (χ1n) is 11.5. The lowest BCUT2D eigenvalue weighted by Gasteiger charge is -2.49. The Morgan fingerprint density at radius 2 is 2.09 bits per heavy atom. The number of carbonyl (C=O) groups is 2. The molecule has 10 heteroatoms. The lowest BCUT2D eigenvalue weighted by molar-refractivity contribution is -0.135. The van der Waals surface area contributed by atoms with Gasteiger partial charge < -0.3 is 24.2 Å². The van der Waals surface area contributed by atoms with E-state index in [0.29, 0.717) is 25.4 Å². The molecule has 0 aromatic carbocycles. The van der Waals surface area contributed by atoms with Crippen molar-refractivity contribution in [3.8, 4) is 0 Å². The summed E-state index contributed by atoms with van der Waals surface area (Å²) in [7, 11) is 0. The van der Waals surface area contributed by atoms with E-state index in [1.54, 1.807) is 6.20 Å². The summed E-state index contributed by atoms with van der Waals surface area (Å²) in [4.78, 5) is 29.6. The molecular weight excluding hydrogens is 426 g/mol. The number of piperidine rings is 2. The number of aromatic nitrogens is 3. The Morgan fingerprint density at radius 1 is 1.36 bits per heavy atom. The zero-order valence-electron chi connectivity index (χ0n) is 19.5. The zero-order chi connectivity index (χ0) is 23.8. The Hall–Kier alpha value is -2.72. The molecule has 0 saturated carbocycles. The maximum Gasteiger partial charge on any atom is 0.290 e. The van der Waals surface area contributed by atoms with Gasteiger partial charge in [0.25, 0.3) is 6.47 Å². The third-order valence-electron chi connectivity index (χ3n) is 6.64. The summed E-state index contributed by atoms with van der Waals surface area (Å²) in [5.41, 5.74) is 1.27. The second-order valence-electron chi connectivity index (χ2n) is 9.38. The highest BCUT2D eigenvalue weighted by atomic mass is 16.5. The first-order valence-corrected chi connectivity index (χ1v) is 11.5. The molecule has 0 radical (unpaired) electrons. The Kier molecular flexibility index (Phi) is 8.62. The number of aliphatic hydroxyl groups is 1. The normalized spacial score (nSPS) is 20.5. The van der Waals surface area contributed by atoms with E-state index in [-0.39, 0.29) is 23.9 Å². The summed E-state index contributed by atoms with van der Waals surface area (Å²) >= 11 is 0. The molecule has 4 rings (SSSR count). The molecule has 182 valence electrons. The molecule has 10 nitrogen and oxygen atoms in total. The van der Waals surface area contributed by atoms with E-state index in [1.807, 2.05) is 23.5 Å². The lowest BCUT2D eigenvalue weighted by Crippen LogP contribution is -2.54. The molecule has 0 bridgehead atoms. The molecule has 1 unspecified atom stereocenters.